The first kappa shape index (κ1) is 78.0. The Bertz CT molecular complexity index is 1340. The Balaban J connectivity index is 4.03. The number of quaternary nitrogens is 1. The third-order valence-electron chi connectivity index (χ3n) is 16.4. The number of carbonyl (C=O) groups is 1. The van der Waals surface area contributed by atoms with Gasteiger partial charge in [0.05, 0.1) is 39.9 Å². The van der Waals surface area contributed by atoms with Gasteiger partial charge in [-0.2, -0.15) is 0 Å². The molecule has 0 saturated heterocycles. The van der Waals surface area contributed by atoms with Crippen molar-refractivity contribution in [3.05, 3.63) is 24.3 Å². The Morgan fingerprint density at radius 2 is 0.684 bits per heavy atom. The van der Waals surface area contributed by atoms with Gasteiger partial charge in [0.15, 0.2) is 0 Å². The van der Waals surface area contributed by atoms with Crippen LogP contribution in [0.1, 0.15) is 367 Å². The Morgan fingerprint density at radius 3 is 0.975 bits per heavy atom. The van der Waals surface area contributed by atoms with E-state index in [0.717, 1.165) is 32.1 Å². The fraction of sp³-hybridized carbons (Fsp3) is 0.929. The molecular formula is C70H140N2O6P+. The van der Waals surface area contributed by atoms with Gasteiger partial charge < -0.3 is 19.8 Å². The van der Waals surface area contributed by atoms with E-state index in [2.05, 4.69) is 31.3 Å². The van der Waals surface area contributed by atoms with Crippen LogP contribution in [-0.2, 0) is 18.4 Å². The predicted molar refractivity (Wildman–Crippen MR) is 346 cm³/mol. The lowest BCUT2D eigenvalue weighted by atomic mass is 10.0. The zero-order valence-electron chi connectivity index (χ0n) is 53.9. The second-order valence-electron chi connectivity index (χ2n) is 25.6. The van der Waals surface area contributed by atoms with E-state index in [1.807, 2.05) is 27.2 Å². The van der Waals surface area contributed by atoms with E-state index < -0.39 is 20.0 Å². The first-order valence-electron chi connectivity index (χ1n) is 35.2. The fourth-order valence-corrected chi connectivity index (χ4v) is 11.7. The summed E-state index contributed by atoms with van der Waals surface area (Å²) < 4.78 is 23.8. The number of carbonyl (C=O) groups excluding carboxylic acids is 1. The van der Waals surface area contributed by atoms with Crippen LogP contribution in [0.15, 0.2) is 24.3 Å². The number of allylic oxidation sites excluding steroid dienone is 3. The molecule has 79 heavy (non-hydrogen) atoms. The molecule has 0 rings (SSSR count). The number of hydrogen-bond acceptors (Lipinski definition) is 5. The highest BCUT2D eigenvalue weighted by Crippen LogP contribution is 2.43. The predicted octanol–water partition coefficient (Wildman–Crippen LogP) is 22.3. The van der Waals surface area contributed by atoms with Crippen LogP contribution >= 0.6 is 7.82 Å². The number of phosphoric acid groups is 1. The van der Waals surface area contributed by atoms with Gasteiger partial charge in [-0.05, 0) is 44.9 Å². The molecule has 0 aromatic rings. The van der Waals surface area contributed by atoms with Gasteiger partial charge in [-0.1, -0.05) is 340 Å². The highest BCUT2D eigenvalue weighted by atomic mass is 31.2. The molecule has 3 unspecified atom stereocenters. The zero-order valence-corrected chi connectivity index (χ0v) is 54.8. The number of nitrogens with zero attached hydrogens (tertiary/aromatic N) is 1. The summed E-state index contributed by atoms with van der Waals surface area (Å²) in [4.78, 5) is 23.4. The lowest BCUT2D eigenvalue weighted by Crippen LogP contribution is -2.45. The maximum absolute atomic E-state index is 13.1. The van der Waals surface area contributed by atoms with Gasteiger partial charge in [-0.25, -0.2) is 4.57 Å². The number of aliphatic hydroxyl groups is 1. The third kappa shape index (κ3) is 64.4. The van der Waals surface area contributed by atoms with Gasteiger partial charge in [0.1, 0.15) is 13.2 Å². The maximum atomic E-state index is 13.1. The summed E-state index contributed by atoms with van der Waals surface area (Å²) in [5.41, 5.74) is 0. The van der Waals surface area contributed by atoms with E-state index >= 15 is 0 Å². The standard InChI is InChI=1S/C70H139N2O6P/c1-6-8-10-12-14-16-18-20-22-24-26-28-30-32-34-35-36-37-38-40-42-44-46-48-50-52-54-56-58-60-62-64-70(74)71-68(67-78-79(75,76)77-66-65-72(3,4)5)69(73)63-61-59-57-55-53-51-49-47-45-43-41-39-33-31-29-27-25-23-21-19-17-15-13-11-9-7-2/h24,26,61,63,68-69,73H,6-23,25,27-60,62,64-67H2,1-5H3,(H-,71,74,75,76)/p+1/b26-24-,63-61+. The molecule has 3 atom stereocenters. The minimum Gasteiger partial charge on any atom is -0.387 e. The van der Waals surface area contributed by atoms with E-state index in [0.29, 0.717) is 17.4 Å². The largest absolute Gasteiger partial charge is 0.472 e. The van der Waals surface area contributed by atoms with Crippen molar-refractivity contribution in [2.75, 3.05) is 40.9 Å². The highest BCUT2D eigenvalue weighted by Gasteiger charge is 2.28. The van der Waals surface area contributed by atoms with Crippen molar-refractivity contribution in [1.82, 2.24) is 5.32 Å². The van der Waals surface area contributed by atoms with Crippen molar-refractivity contribution in [1.29, 1.82) is 0 Å². The average Bonchev–Trinajstić information content (AvgIpc) is 3.42. The van der Waals surface area contributed by atoms with Crippen LogP contribution < -0.4 is 5.32 Å². The number of unbranched alkanes of at least 4 members (excludes halogenated alkanes) is 51. The van der Waals surface area contributed by atoms with Gasteiger partial charge in [-0.3, -0.25) is 13.8 Å². The molecule has 0 aliphatic carbocycles. The first-order chi connectivity index (χ1) is 38.5. The number of phosphoric ester groups is 1. The smallest absolute Gasteiger partial charge is 0.387 e. The monoisotopic (exact) mass is 1140 g/mol. The number of aliphatic hydroxyl groups excluding tert-OH is 1. The fourth-order valence-electron chi connectivity index (χ4n) is 10.9. The molecule has 9 heteroatoms. The normalized spacial score (nSPS) is 13.8. The Labute approximate surface area is 494 Å². The van der Waals surface area contributed by atoms with E-state index in [4.69, 9.17) is 9.05 Å². The van der Waals surface area contributed by atoms with Gasteiger partial charge >= 0.3 is 7.82 Å². The first-order valence-corrected chi connectivity index (χ1v) is 36.7. The molecule has 0 aliphatic heterocycles. The van der Waals surface area contributed by atoms with Gasteiger partial charge in [0, 0.05) is 6.42 Å². The van der Waals surface area contributed by atoms with Crippen LogP contribution in [0.25, 0.3) is 0 Å². The SMILES string of the molecule is CCCCCCCCCC/C=C\CCCCCCCCCCCCCCCCCCCCCC(=O)NC(COP(=O)(O)OCC[N+](C)(C)C)C(O)/C=C/CCCCCCCCCCCCCCCCCCCCCCCCCC. The summed E-state index contributed by atoms with van der Waals surface area (Å²) in [7, 11) is 1.59. The molecule has 0 spiro atoms. The Hall–Kier alpha value is -1.02. The van der Waals surface area contributed by atoms with E-state index in [9.17, 15) is 19.4 Å². The number of amides is 1. The van der Waals surface area contributed by atoms with Crippen molar-refractivity contribution in [2.24, 2.45) is 0 Å². The number of likely N-dealkylation sites (N-methyl/N-ethyl adjacent to an activating group) is 1. The molecule has 0 radical (unpaired) electrons. The molecule has 0 fully saturated rings. The van der Waals surface area contributed by atoms with Crippen LogP contribution in [-0.4, -0.2) is 73.4 Å². The molecule has 0 saturated carbocycles. The molecule has 0 heterocycles. The summed E-state index contributed by atoms with van der Waals surface area (Å²) in [6.07, 6.45) is 80.4. The molecule has 3 N–H and O–H groups in total. The van der Waals surface area contributed by atoms with Gasteiger partial charge in [0.25, 0.3) is 0 Å². The lowest BCUT2D eigenvalue weighted by Gasteiger charge is -2.25. The van der Waals surface area contributed by atoms with Crippen LogP contribution in [0.4, 0.5) is 0 Å². The van der Waals surface area contributed by atoms with Crippen LogP contribution in [0.5, 0.6) is 0 Å². The summed E-state index contributed by atoms with van der Waals surface area (Å²) in [6.45, 7) is 4.88. The number of nitrogens with one attached hydrogen (secondary N) is 1. The highest BCUT2D eigenvalue weighted by molar-refractivity contribution is 7.47. The van der Waals surface area contributed by atoms with Gasteiger partial charge in [-0.15, -0.1) is 0 Å². The zero-order chi connectivity index (χ0) is 57.7. The van der Waals surface area contributed by atoms with E-state index in [1.165, 1.54) is 315 Å². The van der Waals surface area contributed by atoms with Crippen LogP contribution in [0, 0.1) is 0 Å². The summed E-state index contributed by atoms with van der Waals surface area (Å²) in [6, 6.07) is -0.845. The molecule has 1 amide bonds. The molecular weight excluding hydrogens is 996 g/mol. The Morgan fingerprint density at radius 1 is 0.418 bits per heavy atom. The average molecular weight is 1140 g/mol. The number of hydrogen-bond donors (Lipinski definition) is 3. The maximum Gasteiger partial charge on any atom is 0.472 e. The van der Waals surface area contributed by atoms with Crippen molar-refractivity contribution in [2.45, 2.75) is 379 Å². The third-order valence-corrected chi connectivity index (χ3v) is 17.4. The molecule has 8 nitrogen and oxygen atoms in total. The van der Waals surface area contributed by atoms with E-state index in [1.54, 1.807) is 6.08 Å². The summed E-state index contributed by atoms with van der Waals surface area (Å²) in [5.74, 6) is -0.168. The van der Waals surface area contributed by atoms with Crippen molar-refractivity contribution < 1.29 is 32.9 Å². The molecule has 0 aromatic heterocycles. The van der Waals surface area contributed by atoms with Gasteiger partial charge in [0.2, 0.25) is 5.91 Å². The van der Waals surface area contributed by atoms with Crippen LogP contribution in [0.3, 0.4) is 0 Å². The molecule has 470 valence electrons. The molecule has 0 bridgehead atoms. The second kappa shape index (κ2) is 61.5. The van der Waals surface area contributed by atoms with Crippen molar-refractivity contribution in [3.63, 3.8) is 0 Å². The number of rotatable bonds is 66. The van der Waals surface area contributed by atoms with E-state index in [-0.39, 0.29) is 19.1 Å². The Kier molecular flexibility index (Phi) is 60.7. The summed E-state index contributed by atoms with van der Waals surface area (Å²) in [5, 5.41) is 14.0. The minimum absolute atomic E-state index is 0.0644. The second-order valence-corrected chi connectivity index (χ2v) is 27.1. The quantitative estimate of drug-likeness (QED) is 0.0243. The molecule has 0 aliphatic rings. The van der Waals surface area contributed by atoms with Crippen molar-refractivity contribution >= 4 is 13.7 Å². The summed E-state index contributed by atoms with van der Waals surface area (Å²) >= 11 is 0. The minimum atomic E-state index is -4.35. The van der Waals surface area contributed by atoms with Crippen LogP contribution in [0.2, 0.25) is 0 Å². The van der Waals surface area contributed by atoms with Crippen molar-refractivity contribution in [3.8, 4) is 0 Å². The lowest BCUT2D eigenvalue weighted by molar-refractivity contribution is -0.870. The topological polar surface area (TPSA) is 105 Å². The molecule has 0 aromatic carbocycles.